The molecule has 0 unspecified atom stereocenters. The highest BCUT2D eigenvalue weighted by Gasteiger charge is 2.15. The molecule has 0 radical (unpaired) electrons. The molecule has 3 nitrogen and oxygen atoms in total. The first-order valence-corrected chi connectivity index (χ1v) is 6.73. The Morgan fingerprint density at radius 3 is 2.58 bits per heavy atom. The summed E-state index contributed by atoms with van der Waals surface area (Å²) in [6, 6.07) is 5.96. The first kappa shape index (κ1) is 13.5. The Balaban J connectivity index is 2.24. The molecular weight excluding hydrogens is 236 g/mol. The van der Waals surface area contributed by atoms with E-state index < -0.39 is 0 Å². The molecule has 3 heteroatoms. The number of aryl methyl sites for hydroxylation is 3. The van der Waals surface area contributed by atoms with Gasteiger partial charge in [0.05, 0.1) is 6.42 Å². The topological polar surface area (TPSA) is 34.9 Å². The smallest absolute Gasteiger partial charge is 0.170 e. The lowest BCUT2D eigenvalue weighted by Crippen LogP contribution is -2.12. The summed E-state index contributed by atoms with van der Waals surface area (Å²) in [5.41, 5.74) is 2.92. The summed E-state index contributed by atoms with van der Waals surface area (Å²) in [6.45, 7) is 7.00. The lowest BCUT2D eigenvalue weighted by molar-refractivity contribution is 0.0988. The van der Waals surface area contributed by atoms with Crippen molar-refractivity contribution in [1.29, 1.82) is 0 Å². The number of nitrogens with zero attached hydrogens (tertiary/aromatic N) is 2. The summed E-state index contributed by atoms with van der Waals surface area (Å²) in [4.78, 5) is 16.8. The molecule has 0 spiro atoms. The number of hydrogen-bond donors (Lipinski definition) is 0. The van der Waals surface area contributed by atoms with Gasteiger partial charge < -0.3 is 4.57 Å². The second-order valence-electron chi connectivity index (χ2n) is 4.90. The molecule has 0 aliphatic heterocycles. The van der Waals surface area contributed by atoms with E-state index in [9.17, 15) is 4.79 Å². The molecule has 0 atom stereocenters. The Hall–Kier alpha value is -1.90. The Labute approximate surface area is 114 Å². The van der Waals surface area contributed by atoms with Crippen molar-refractivity contribution in [3.05, 3.63) is 53.1 Å². The Morgan fingerprint density at radius 1 is 1.26 bits per heavy atom. The molecule has 2 aromatic rings. The third-order valence-corrected chi connectivity index (χ3v) is 3.34. The van der Waals surface area contributed by atoms with Crippen LogP contribution in [-0.4, -0.2) is 15.3 Å². The van der Waals surface area contributed by atoms with E-state index in [4.69, 9.17) is 0 Å². The van der Waals surface area contributed by atoms with Crippen LogP contribution in [0.1, 0.15) is 40.7 Å². The van der Waals surface area contributed by atoms with Crippen molar-refractivity contribution in [2.24, 2.45) is 0 Å². The zero-order valence-electron chi connectivity index (χ0n) is 11.8. The number of carbonyl (C=O) groups is 1. The van der Waals surface area contributed by atoms with Crippen LogP contribution in [-0.2, 0) is 13.0 Å². The van der Waals surface area contributed by atoms with Gasteiger partial charge in [-0.2, -0.15) is 0 Å². The van der Waals surface area contributed by atoms with Gasteiger partial charge in [0.25, 0.3) is 0 Å². The maximum Gasteiger partial charge on any atom is 0.170 e. The minimum absolute atomic E-state index is 0.152. The van der Waals surface area contributed by atoms with Gasteiger partial charge >= 0.3 is 0 Å². The zero-order valence-corrected chi connectivity index (χ0v) is 11.8. The van der Waals surface area contributed by atoms with E-state index in [1.165, 1.54) is 0 Å². The molecule has 0 fully saturated rings. The molecule has 0 bridgehead atoms. The second-order valence-corrected chi connectivity index (χ2v) is 4.90. The predicted molar refractivity (Wildman–Crippen MR) is 76.5 cm³/mol. The van der Waals surface area contributed by atoms with Gasteiger partial charge in [0.15, 0.2) is 5.78 Å². The molecule has 0 saturated heterocycles. The van der Waals surface area contributed by atoms with Crippen molar-refractivity contribution in [3.63, 3.8) is 0 Å². The molecule has 2 rings (SSSR count). The Morgan fingerprint density at radius 2 is 1.95 bits per heavy atom. The first-order valence-electron chi connectivity index (χ1n) is 6.73. The molecule has 100 valence electrons. The number of carbonyl (C=O) groups excluding carboxylic acids is 1. The van der Waals surface area contributed by atoms with Crippen LogP contribution in [0.25, 0.3) is 0 Å². The van der Waals surface area contributed by atoms with Gasteiger partial charge in [-0.25, -0.2) is 4.98 Å². The highest BCUT2D eigenvalue weighted by atomic mass is 16.1. The van der Waals surface area contributed by atoms with E-state index in [1.54, 1.807) is 6.20 Å². The van der Waals surface area contributed by atoms with Gasteiger partial charge in [0, 0.05) is 24.5 Å². The van der Waals surface area contributed by atoms with Crippen LogP contribution in [0.3, 0.4) is 0 Å². The summed E-state index contributed by atoms with van der Waals surface area (Å²) in [5, 5.41) is 0. The first-order chi connectivity index (χ1) is 9.13. The molecule has 1 aromatic carbocycles. The van der Waals surface area contributed by atoms with Gasteiger partial charge in [-0.15, -0.1) is 0 Å². The van der Waals surface area contributed by atoms with Crippen LogP contribution in [0.15, 0.2) is 30.6 Å². The largest absolute Gasteiger partial charge is 0.335 e. The molecule has 0 N–H and O–H groups in total. The van der Waals surface area contributed by atoms with Crippen molar-refractivity contribution >= 4 is 5.78 Å². The maximum atomic E-state index is 12.5. The van der Waals surface area contributed by atoms with Crippen LogP contribution >= 0.6 is 0 Å². The average Bonchev–Trinajstić information content (AvgIpc) is 2.77. The van der Waals surface area contributed by atoms with E-state index in [0.717, 1.165) is 35.5 Å². The fraction of sp³-hybridized carbons (Fsp3) is 0.375. The standard InChI is InChI=1S/C16H20N2O/c1-4-9-18-10-8-17-15(18)11-14(19)16-12(2)6-5-7-13(16)3/h5-8,10H,4,9,11H2,1-3H3. The minimum atomic E-state index is 0.152. The van der Waals surface area contributed by atoms with Gasteiger partial charge in [0.1, 0.15) is 5.82 Å². The van der Waals surface area contributed by atoms with E-state index in [1.807, 2.05) is 38.2 Å². The third-order valence-electron chi connectivity index (χ3n) is 3.34. The number of aromatic nitrogens is 2. The van der Waals surface area contributed by atoms with Crippen LogP contribution in [0, 0.1) is 13.8 Å². The number of ketones is 1. The highest BCUT2D eigenvalue weighted by Crippen LogP contribution is 2.16. The number of Topliss-reactive ketones (excluding diaryl/α,β-unsaturated/α-hetero) is 1. The number of imidazole rings is 1. The number of benzene rings is 1. The van der Waals surface area contributed by atoms with Gasteiger partial charge in [0.2, 0.25) is 0 Å². The van der Waals surface area contributed by atoms with Crippen molar-refractivity contribution < 1.29 is 4.79 Å². The van der Waals surface area contributed by atoms with Crippen molar-refractivity contribution in [2.45, 2.75) is 40.2 Å². The van der Waals surface area contributed by atoms with Crippen molar-refractivity contribution in [1.82, 2.24) is 9.55 Å². The molecule has 0 amide bonds. The second kappa shape index (κ2) is 5.83. The monoisotopic (exact) mass is 256 g/mol. The Bertz CT molecular complexity index is 564. The quantitative estimate of drug-likeness (QED) is 0.769. The molecule has 1 heterocycles. The average molecular weight is 256 g/mol. The summed E-state index contributed by atoms with van der Waals surface area (Å²) < 4.78 is 2.06. The predicted octanol–water partition coefficient (Wildman–Crippen LogP) is 3.34. The van der Waals surface area contributed by atoms with Crippen LogP contribution in [0.2, 0.25) is 0 Å². The number of hydrogen-bond acceptors (Lipinski definition) is 2. The summed E-state index contributed by atoms with van der Waals surface area (Å²) >= 11 is 0. The number of rotatable bonds is 5. The molecule has 0 saturated carbocycles. The van der Waals surface area contributed by atoms with E-state index in [2.05, 4.69) is 16.5 Å². The van der Waals surface area contributed by atoms with E-state index in [-0.39, 0.29) is 5.78 Å². The van der Waals surface area contributed by atoms with Crippen molar-refractivity contribution in [3.8, 4) is 0 Å². The summed E-state index contributed by atoms with van der Waals surface area (Å²) in [7, 11) is 0. The SMILES string of the molecule is CCCn1ccnc1CC(=O)c1c(C)cccc1C. The molecule has 19 heavy (non-hydrogen) atoms. The lowest BCUT2D eigenvalue weighted by atomic mass is 9.97. The normalized spacial score (nSPS) is 10.7. The molecular formula is C16H20N2O. The summed E-state index contributed by atoms with van der Waals surface area (Å²) in [6.07, 6.45) is 5.12. The fourth-order valence-corrected chi connectivity index (χ4v) is 2.44. The molecule has 1 aromatic heterocycles. The van der Waals surface area contributed by atoms with Crippen molar-refractivity contribution in [2.75, 3.05) is 0 Å². The summed E-state index contributed by atoms with van der Waals surface area (Å²) in [5.74, 6) is 1.01. The highest BCUT2D eigenvalue weighted by molar-refractivity contribution is 5.99. The van der Waals surface area contributed by atoms with Gasteiger partial charge in [-0.1, -0.05) is 25.1 Å². The zero-order chi connectivity index (χ0) is 13.8. The minimum Gasteiger partial charge on any atom is -0.335 e. The van der Waals surface area contributed by atoms with E-state index in [0.29, 0.717) is 6.42 Å². The maximum absolute atomic E-state index is 12.5. The van der Waals surface area contributed by atoms with Crippen LogP contribution in [0.5, 0.6) is 0 Å². The van der Waals surface area contributed by atoms with E-state index >= 15 is 0 Å². The van der Waals surface area contributed by atoms with Gasteiger partial charge in [-0.3, -0.25) is 4.79 Å². The fourth-order valence-electron chi connectivity index (χ4n) is 2.44. The van der Waals surface area contributed by atoms with Gasteiger partial charge in [-0.05, 0) is 31.4 Å². The molecule has 0 aliphatic rings. The van der Waals surface area contributed by atoms with Crippen LogP contribution < -0.4 is 0 Å². The Kier molecular flexibility index (Phi) is 4.15. The third kappa shape index (κ3) is 2.92. The lowest BCUT2D eigenvalue weighted by Gasteiger charge is -2.09. The molecule has 0 aliphatic carbocycles. The van der Waals surface area contributed by atoms with Crippen LogP contribution in [0.4, 0.5) is 0 Å².